The van der Waals surface area contributed by atoms with Gasteiger partial charge in [0.2, 0.25) is 0 Å². The van der Waals surface area contributed by atoms with Crippen molar-refractivity contribution >= 4 is 0 Å². The van der Waals surface area contributed by atoms with E-state index in [4.69, 9.17) is 0 Å². The second kappa shape index (κ2) is 2.85. The van der Waals surface area contributed by atoms with Crippen LogP contribution in [0.25, 0.3) is 0 Å². The Morgan fingerprint density at radius 2 is 1.86 bits per heavy atom. The van der Waals surface area contributed by atoms with Crippen molar-refractivity contribution in [2.75, 3.05) is 0 Å². The van der Waals surface area contributed by atoms with E-state index in [1.54, 1.807) is 11.1 Å². The highest BCUT2D eigenvalue weighted by atomic mass is 14.4. The largest absolute Gasteiger partial charge is 0.0587 e. The summed E-state index contributed by atoms with van der Waals surface area (Å²) >= 11 is 0. The van der Waals surface area contributed by atoms with E-state index in [9.17, 15) is 0 Å². The Labute approximate surface area is 87.3 Å². The van der Waals surface area contributed by atoms with Crippen LogP contribution in [0.3, 0.4) is 0 Å². The van der Waals surface area contributed by atoms with E-state index >= 15 is 0 Å². The van der Waals surface area contributed by atoms with Crippen molar-refractivity contribution in [2.24, 2.45) is 0 Å². The van der Waals surface area contributed by atoms with E-state index in [-0.39, 0.29) is 0 Å². The van der Waals surface area contributed by atoms with Crippen molar-refractivity contribution in [2.45, 2.75) is 52.4 Å². The molecule has 1 aromatic carbocycles. The lowest BCUT2D eigenvalue weighted by Crippen LogP contribution is -2.32. The summed E-state index contributed by atoms with van der Waals surface area (Å²) in [6, 6.07) is 4.81. The average Bonchev–Trinajstić information content (AvgIpc) is 2.06. The molecule has 0 radical (unpaired) electrons. The number of aryl methyl sites for hydroxylation is 1. The molecule has 0 heterocycles. The monoisotopic (exact) mass is 188 g/mol. The van der Waals surface area contributed by atoms with Gasteiger partial charge in [0.05, 0.1) is 0 Å². The molecule has 0 amide bonds. The fourth-order valence-corrected chi connectivity index (χ4v) is 2.63. The van der Waals surface area contributed by atoms with Crippen molar-refractivity contribution in [3.8, 4) is 0 Å². The molecule has 0 aromatic heterocycles. The zero-order valence-corrected chi connectivity index (χ0v) is 9.94. The van der Waals surface area contributed by atoms with Gasteiger partial charge >= 0.3 is 0 Å². The number of fused-ring (bicyclic) bond motifs is 1. The molecule has 1 aliphatic rings. The molecule has 0 aliphatic heterocycles. The summed E-state index contributed by atoms with van der Waals surface area (Å²) in [5, 5.41) is 0. The predicted octanol–water partition coefficient (Wildman–Crippen LogP) is 3.95. The first-order valence-corrected chi connectivity index (χ1v) is 5.56. The maximum atomic E-state index is 2.42. The Kier molecular flexibility index (Phi) is 1.99. The van der Waals surface area contributed by atoms with Gasteiger partial charge in [-0.25, -0.2) is 0 Å². The van der Waals surface area contributed by atoms with Crippen LogP contribution in [0.15, 0.2) is 12.1 Å². The highest BCUT2D eigenvalue weighted by Crippen LogP contribution is 2.42. The summed E-state index contributed by atoms with van der Waals surface area (Å²) in [4.78, 5) is 0. The smallest absolute Gasteiger partial charge is 0.00603 e. The first-order chi connectivity index (χ1) is 6.42. The number of rotatable bonds is 1. The van der Waals surface area contributed by atoms with E-state index in [1.165, 1.54) is 17.5 Å². The predicted molar refractivity (Wildman–Crippen MR) is 62.0 cm³/mol. The van der Waals surface area contributed by atoms with Crippen LogP contribution in [0, 0.1) is 6.92 Å². The van der Waals surface area contributed by atoms with Gasteiger partial charge in [-0.1, -0.05) is 39.8 Å². The van der Waals surface area contributed by atoms with Gasteiger partial charge in [0.1, 0.15) is 0 Å². The van der Waals surface area contributed by atoms with E-state index in [0.717, 1.165) is 0 Å². The molecular formula is C14H20. The summed E-state index contributed by atoms with van der Waals surface area (Å²) < 4.78 is 0. The summed E-state index contributed by atoms with van der Waals surface area (Å²) in [6.07, 6.45) is 1.25. The third kappa shape index (κ3) is 1.28. The van der Waals surface area contributed by atoms with Gasteiger partial charge in [-0.3, -0.25) is 0 Å². The van der Waals surface area contributed by atoms with Crippen LogP contribution < -0.4 is 0 Å². The van der Waals surface area contributed by atoms with Gasteiger partial charge in [-0.2, -0.15) is 0 Å². The highest BCUT2D eigenvalue weighted by Gasteiger charge is 2.34. The van der Waals surface area contributed by atoms with Crippen molar-refractivity contribution in [3.05, 3.63) is 34.4 Å². The quantitative estimate of drug-likeness (QED) is 0.626. The Bertz CT molecular complexity index is 354. The van der Waals surface area contributed by atoms with Crippen LogP contribution in [0.1, 0.15) is 55.9 Å². The third-order valence-electron chi connectivity index (χ3n) is 3.48. The van der Waals surface area contributed by atoms with Gasteiger partial charge in [0.25, 0.3) is 0 Å². The third-order valence-corrected chi connectivity index (χ3v) is 3.48. The first-order valence-electron chi connectivity index (χ1n) is 5.56. The van der Waals surface area contributed by atoms with Crippen molar-refractivity contribution in [3.63, 3.8) is 0 Å². The van der Waals surface area contributed by atoms with Gasteiger partial charge in [0, 0.05) is 0 Å². The van der Waals surface area contributed by atoms with Gasteiger partial charge in [-0.05, 0) is 46.9 Å². The first kappa shape index (κ1) is 9.76. The van der Waals surface area contributed by atoms with Crippen LogP contribution in [0.5, 0.6) is 0 Å². The van der Waals surface area contributed by atoms with Gasteiger partial charge in [-0.15, -0.1) is 0 Å². The highest BCUT2D eigenvalue weighted by molar-refractivity contribution is 5.49. The summed E-state index contributed by atoms with van der Waals surface area (Å²) in [6.45, 7) is 11.5. The van der Waals surface area contributed by atoms with E-state index in [2.05, 4.69) is 46.8 Å². The van der Waals surface area contributed by atoms with E-state index in [1.807, 2.05) is 0 Å². The van der Waals surface area contributed by atoms with E-state index in [0.29, 0.717) is 11.3 Å². The van der Waals surface area contributed by atoms with Crippen LogP contribution in [0.2, 0.25) is 0 Å². The van der Waals surface area contributed by atoms with Crippen LogP contribution >= 0.6 is 0 Å². The standard InChI is InChI=1S/C14H20/c1-9(2)12-7-11-8-14(4,5)13(11)6-10(12)3/h6-7,9H,8H2,1-5H3. The molecule has 76 valence electrons. The molecule has 1 aliphatic carbocycles. The van der Waals surface area contributed by atoms with Crippen molar-refractivity contribution < 1.29 is 0 Å². The lowest BCUT2D eigenvalue weighted by Gasteiger charge is -2.39. The molecule has 0 atom stereocenters. The molecule has 0 nitrogen and oxygen atoms in total. The Morgan fingerprint density at radius 3 is 2.36 bits per heavy atom. The van der Waals surface area contributed by atoms with Crippen molar-refractivity contribution in [1.29, 1.82) is 0 Å². The average molecular weight is 188 g/mol. The molecule has 0 saturated carbocycles. The number of hydrogen-bond acceptors (Lipinski definition) is 0. The minimum absolute atomic E-state index is 0.426. The summed E-state index contributed by atoms with van der Waals surface area (Å²) in [5.41, 5.74) is 6.56. The summed E-state index contributed by atoms with van der Waals surface area (Å²) in [5.74, 6) is 0.656. The molecular weight excluding hydrogens is 168 g/mol. The Balaban J connectivity index is 2.49. The molecule has 0 spiro atoms. The lowest BCUT2D eigenvalue weighted by molar-refractivity contribution is 0.454. The maximum Gasteiger partial charge on any atom is -0.00603 e. The second-order valence-corrected chi connectivity index (χ2v) is 5.58. The van der Waals surface area contributed by atoms with Crippen LogP contribution in [-0.4, -0.2) is 0 Å². The fraction of sp³-hybridized carbons (Fsp3) is 0.571. The van der Waals surface area contributed by atoms with Crippen molar-refractivity contribution in [1.82, 2.24) is 0 Å². The molecule has 0 heteroatoms. The zero-order valence-electron chi connectivity index (χ0n) is 9.94. The zero-order chi connectivity index (χ0) is 10.5. The van der Waals surface area contributed by atoms with Crippen LogP contribution in [-0.2, 0) is 11.8 Å². The second-order valence-electron chi connectivity index (χ2n) is 5.58. The molecule has 0 N–H and O–H groups in total. The number of benzene rings is 1. The lowest BCUT2D eigenvalue weighted by atomic mass is 9.65. The van der Waals surface area contributed by atoms with E-state index < -0.39 is 0 Å². The molecule has 1 aromatic rings. The van der Waals surface area contributed by atoms with Gasteiger partial charge < -0.3 is 0 Å². The molecule has 0 fully saturated rings. The topological polar surface area (TPSA) is 0 Å². The summed E-state index contributed by atoms with van der Waals surface area (Å²) in [7, 11) is 0. The molecule has 14 heavy (non-hydrogen) atoms. The molecule has 2 rings (SSSR count). The normalized spacial score (nSPS) is 17.9. The van der Waals surface area contributed by atoms with Crippen LogP contribution in [0.4, 0.5) is 0 Å². The molecule has 0 saturated heterocycles. The minimum atomic E-state index is 0.426. The van der Waals surface area contributed by atoms with Gasteiger partial charge in [0.15, 0.2) is 0 Å². The molecule has 0 unspecified atom stereocenters. The Morgan fingerprint density at radius 1 is 1.21 bits per heavy atom. The maximum absolute atomic E-state index is 2.42. The minimum Gasteiger partial charge on any atom is -0.0587 e. The number of hydrogen-bond donors (Lipinski definition) is 0. The molecule has 0 bridgehead atoms. The fourth-order valence-electron chi connectivity index (χ4n) is 2.63. The Hall–Kier alpha value is -0.780. The SMILES string of the molecule is Cc1cc2c(cc1C(C)C)CC2(C)C.